The Kier molecular flexibility index (Phi) is 12.8. The molecule has 1 aromatic carbocycles. The molecule has 0 unspecified atom stereocenters. The zero-order valence-electron chi connectivity index (χ0n) is 12.4. The summed E-state index contributed by atoms with van der Waals surface area (Å²) in [6.45, 7) is 3.19. The van der Waals surface area contributed by atoms with Gasteiger partial charge in [0.05, 0.1) is 19.8 Å². The minimum atomic E-state index is 0. The number of nitrogens with zero attached hydrogens (tertiary/aromatic N) is 1. The maximum atomic E-state index is 5.94. The van der Waals surface area contributed by atoms with Crippen molar-refractivity contribution in [3.63, 3.8) is 0 Å². The minimum Gasteiger partial charge on any atom is -0.382 e. The molecular formula is C14H23ClIN3O2. The molecule has 0 saturated heterocycles. The normalized spacial score (nSPS) is 10.9. The predicted molar refractivity (Wildman–Crippen MR) is 97.8 cm³/mol. The average molecular weight is 428 g/mol. The van der Waals surface area contributed by atoms with E-state index in [-0.39, 0.29) is 24.0 Å². The number of rotatable bonds is 8. The Morgan fingerprint density at radius 2 is 2.05 bits per heavy atom. The summed E-state index contributed by atoms with van der Waals surface area (Å²) in [6.07, 6.45) is 0. The molecule has 0 saturated carbocycles. The number of hydrogen-bond acceptors (Lipinski definition) is 3. The molecule has 0 aliphatic heterocycles. The Morgan fingerprint density at radius 3 is 2.71 bits per heavy atom. The van der Waals surface area contributed by atoms with Crippen LogP contribution in [0.1, 0.15) is 5.56 Å². The van der Waals surface area contributed by atoms with Crippen molar-refractivity contribution in [1.29, 1.82) is 0 Å². The van der Waals surface area contributed by atoms with Crippen molar-refractivity contribution in [3.05, 3.63) is 34.9 Å². The number of methoxy groups -OCH3 is 1. The topological polar surface area (TPSA) is 54.9 Å². The van der Waals surface area contributed by atoms with E-state index in [0.29, 0.717) is 32.9 Å². The van der Waals surface area contributed by atoms with Crippen molar-refractivity contribution >= 4 is 41.5 Å². The number of benzene rings is 1. The van der Waals surface area contributed by atoms with Gasteiger partial charge in [0.15, 0.2) is 5.96 Å². The summed E-state index contributed by atoms with van der Waals surface area (Å²) >= 11 is 5.94. The predicted octanol–water partition coefficient (Wildman–Crippen LogP) is 2.29. The highest BCUT2D eigenvalue weighted by atomic mass is 127. The fourth-order valence-electron chi connectivity index (χ4n) is 1.54. The lowest BCUT2D eigenvalue weighted by atomic mass is 10.2. The number of nitrogens with one attached hydrogen (secondary N) is 2. The van der Waals surface area contributed by atoms with Gasteiger partial charge in [-0.1, -0.05) is 23.7 Å². The lowest BCUT2D eigenvalue weighted by Crippen LogP contribution is -2.38. The first-order valence-electron chi connectivity index (χ1n) is 6.52. The van der Waals surface area contributed by atoms with Gasteiger partial charge < -0.3 is 20.1 Å². The summed E-state index contributed by atoms with van der Waals surface area (Å²) in [6, 6.07) is 7.73. The van der Waals surface area contributed by atoms with Crippen molar-refractivity contribution in [3.8, 4) is 0 Å². The van der Waals surface area contributed by atoms with E-state index in [9.17, 15) is 0 Å². The molecule has 7 heteroatoms. The van der Waals surface area contributed by atoms with Gasteiger partial charge in [-0.15, -0.1) is 24.0 Å². The van der Waals surface area contributed by atoms with E-state index < -0.39 is 0 Å². The molecule has 1 aromatic rings. The fraction of sp³-hybridized carbons (Fsp3) is 0.500. The van der Waals surface area contributed by atoms with E-state index >= 15 is 0 Å². The summed E-state index contributed by atoms with van der Waals surface area (Å²) in [4.78, 5) is 4.14. The second-order valence-corrected chi connectivity index (χ2v) is 4.52. The molecule has 0 aliphatic carbocycles. The van der Waals surface area contributed by atoms with E-state index in [2.05, 4.69) is 15.6 Å². The van der Waals surface area contributed by atoms with Crippen LogP contribution in [0, 0.1) is 0 Å². The first-order valence-corrected chi connectivity index (χ1v) is 6.89. The van der Waals surface area contributed by atoms with Crippen molar-refractivity contribution < 1.29 is 9.47 Å². The van der Waals surface area contributed by atoms with Crippen molar-refractivity contribution in [2.45, 2.75) is 6.54 Å². The highest BCUT2D eigenvalue weighted by Gasteiger charge is 1.98. The van der Waals surface area contributed by atoms with Crippen LogP contribution in [0.25, 0.3) is 0 Å². The van der Waals surface area contributed by atoms with Gasteiger partial charge in [-0.2, -0.15) is 0 Å². The number of guanidine groups is 1. The molecule has 21 heavy (non-hydrogen) atoms. The smallest absolute Gasteiger partial charge is 0.191 e. The second kappa shape index (κ2) is 13.1. The molecule has 0 amide bonds. The van der Waals surface area contributed by atoms with Crippen LogP contribution < -0.4 is 10.6 Å². The van der Waals surface area contributed by atoms with Gasteiger partial charge in [0.1, 0.15) is 0 Å². The monoisotopic (exact) mass is 427 g/mol. The number of ether oxygens (including phenoxy) is 2. The average Bonchev–Trinajstić information content (AvgIpc) is 2.46. The Morgan fingerprint density at radius 1 is 1.24 bits per heavy atom. The SMILES string of the molecule is CN=C(NCCOCCOC)NCc1cccc(Cl)c1.I. The summed E-state index contributed by atoms with van der Waals surface area (Å²) < 4.78 is 10.3. The van der Waals surface area contributed by atoms with Gasteiger partial charge in [0.2, 0.25) is 0 Å². The Hall–Kier alpha value is -0.570. The molecule has 5 nitrogen and oxygen atoms in total. The maximum absolute atomic E-state index is 5.94. The molecule has 1 rings (SSSR count). The quantitative estimate of drug-likeness (QED) is 0.289. The standard InChI is InChI=1S/C14H22ClN3O2.HI/c1-16-14(17-6-7-20-9-8-19-2)18-11-12-4-3-5-13(15)10-12;/h3-5,10H,6-9,11H2,1-2H3,(H2,16,17,18);1H. The highest BCUT2D eigenvalue weighted by molar-refractivity contribution is 14.0. The van der Waals surface area contributed by atoms with Crippen LogP contribution in [0.4, 0.5) is 0 Å². The zero-order chi connectivity index (χ0) is 14.6. The van der Waals surface area contributed by atoms with Crippen LogP contribution in [0.5, 0.6) is 0 Å². The lowest BCUT2D eigenvalue weighted by molar-refractivity contribution is 0.0733. The summed E-state index contributed by atoms with van der Waals surface area (Å²) in [5.74, 6) is 0.736. The summed E-state index contributed by atoms with van der Waals surface area (Å²) in [7, 11) is 3.39. The number of halogens is 2. The molecular weight excluding hydrogens is 405 g/mol. The Labute approximate surface area is 148 Å². The summed E-state index contributed by atoms with van der Waals surface area (Å²) in [5.41, 5.74) is 1.11. The van der Waals surface area contributed by atoms with Crippen LogP contribution in [0.2, 0.25) is 5.02 Å². The minimum absolute atomic E-state index is 0. The van der Waals surface area contributed by atoms with Crippen LogP contribution in [0.3, 0.4) is 0 Å². The van der Waals surface area contributed by atoms with Gasteiger partial charge in [0.25, 0.3) is 0 Å². The van der Waals surface area contributed by atoms with Crippen molar-refractivity contribution in [1.82, 2.24) is 10.6 Å². The molecule has 0 spiro atoms. The van der Waals surface area contributed by atoms with Gasteiger partial charge in [-0.25, -0.2) is 0 Å². The molecule has 0 aromatic heterocycles. The molecule has 0 heterocycles. The van der Waals surface area contributed by atoms with E-state index in [1.165, 1.54) is 0 Å². The van der Waals surface area contributed by atoms with Crippen LogP contribution in [0.15, 0.2) is 29.3 Å². The van der Waals surface area contributed by atoms with Gasteiger partial charge in [0, 0.05) is 32.3 Å². The molecule has 0 fully saturated rings. The van der Waals surface area contributed by atoms with Crippen LogP contribution >= 0.6 is 35.6 Å². The second-order valence-electron chi connectivity index (χ2n) is 4.09. The third-order valence-corrected chi connectivity index (χ3v) is 2.78. The van der Waals surface area contributed by atoms with Crippen LogP contribution in [-0.2, 0) is 16.0 Å². The molecule has 0 bridgehead atoms. The Balaban J connectivity index is 0.00000400. The van der Waals surface area contributed by atoms with Crippen LogP contribution in [-0.4, -0.2) is 46.5 Å². The number of hydrogen-bond donors (Lipinski definition) is 2. The zero-order valence-corrected chi connectivity index (χ0v) is 15.5. The fourth-order valence-corrected chi connectivity index (χ4v) is 1.75. The van der Waals surface area contributed by atoms with E-state index in [1.807, 2.05) is 24.3 Å². The first kappa shape index (κ1) is 20.4. The highest BCUT2D eigenvalue weighted by Crippen LogP contribution is 2.09. The lowest BCUT2D eigenvalue weighted by Gasteiger charge is -2.12. The van der Waals surface area contributed by atoms with Crippen molar-refractivity contribution in [2.75, 3.05) is 40.5 Å². The molecule has 2 N–H and O–H groups in total. The third kappa shape index (κ3) is 9.89. The largest absolute Gasteiger partial charge is 0.382 e. The van der Waals surface area contributed by atoms with Gasteiger partial charge in [-0.05, 0) is 17.7 Å². The molecule has 0 atom stereocenters. The molecule has 0 radical (unpaired) electrons. The maximum Gasteiger partial charge on any atom is 0.191 e. The van der Waals surface area contributed by atoms with Gasteiger partial charge >= 0.3 is 0 Å². The van der Waals surface area contributed by atoms with Gasteiger partial charge in [-0.3, -0.25) is 4.99 Å². The van der Waals surface area contributed by atoms with E-state index in [0.717, 1.165) is 16.5 Å². The first-order chi connectivity index (χ1) is 9.76. The Bertz CT molecular complexity index is 419. The van der Waals surface area contributed by atoms with Crippen molar-refractivity contribution in [2.24, 2.45) is 4.99 Å². The summed E-state index contributed by atoms with van der Waals surface area (Å²) in [5, 5.41) is 7.12. The number of aliphatic imine (C=N–C) groups is 1. The molecule has 120 valence electrons. The van der Waals surface area contributed by atoms with E-state index in [4.69, 9.17) is 21.1 Å². The third-order valence-electron chi connectivity index (χ3n) is 2.54. The van der Waals surface area contributed by atoms with E-state index in [1.54, 1.807) is 14.2 Å². The molecule has 0 aliphatic rings.